The molecule has 0 atom stereocenters. The molecular formula is C13H14N2. The number of aromatic nitrogens is 1. The first-order valence-electron chi connectivity index (χ1n) is 4.95. The van der Waals surface area contributed by atoms with Crippen LogP contribution in [0, 0.1) is 13.8 Å². The first kappa shape index (κ1) is 9.71. The van der Waals surface area contributed by atoms with Gasteiger partial charge in [-0.3, -0.25) is 4.98 Å². The minimum atomic E-state index is 0.837. The molecule has 2 heteroatoms. The SMILES string of the molecule is Cc1ccc(-c2ccncc2C)cc1N. The van der Waals surface area contributed by atoms with E-state index in [0.717, 1.165) is 16.8 Å². The van der Waals surface area contributed by atoms with Crippen molar-refractivity contribution in [1.29, 1.82) is 0 Å². The quantitative estimate of drug-likeness (QED) is 0.715. The van der Waals surface area contributed by atoms with Gasteiger partial charge in [-0.1, -0.05) is 12.1 Å². The summed E-state index contributed by atoms with van der Waals surface area (Å²) in [4.78, 5) is 4.08. The van der Waals surface area contributed by atoms with Gasteiger partial charge >= 0.3 is 0 Å². The number of nitrogens with two attached hydrogens (primary N) is 1. The summed E-state index contributed by atoms with van der Waals surface area (Å²) in [5, 5.41) is 0. The molecule has 0 saturated carbocycles. The van der Waals surface area contributed by atoms with Gasteiger partial charge in [0, 0.05) is 18.1 Å². The molecule has 0 fully saturated rings. The Bertz CT molecular complexity index is 490. The van der Waals surface area contributed by atoms with Crippen LogP contribution in [0.15, 0.2) is 36.7 Å². The fourth-order valence-corrected chi connectivity index (χ4v) is 1.61. The molecular weight excluding hydrogens is 184 g/mol. The highest BCUT2D eigenvalue weighted by atomic mass is 14.6. The van der Waals surface area contributed by atoms with Gasteiger partial charge in [0.1, 0.15) is 0 Å². The van der Waals surface area contributed by atoms with Crippen molar-refractivity contribution >= 4 is 5.69 Å². The number of nitrogens with zero attached hydrogens (tertiary/aromatic N) is 1. The van der Waals surface area contributed by atoms with Gasteiger partial charge in [-0.2, -0.15) is 0 Å². The number of hydrogen-bond acceptors (Lipinski definition) is 2. The van der Waals surface area contributed by atoms with E-state index in [9.17, 15) is 0 Å². The number of rotatable bonds is 1. The highest BCUT2D eigenvalue weighted by Crippen LogP contribution is 2.25. The molecule has 0 aliphatic rings. The lowest BCUT2D eigenvalue weighted by atomic mass is 10.0. The molecule has 0 spiro atoms. The van der Waals surface area contributed by atoms with Crippen LogP contribution < -0.4 is 5.73 Å². The molecule has 0 aliphatic heterocycles. The van der Waals surface area contributed by atoms with Crippen molar-refractivity contribution in [2.75, 3.05) is 5.73 Å². The molecule has 0 saturated heterocycles. The van der Waals surface area contributed by atoms with Gasteiger partial charge in [0.05, 0.1) is 0 Å². The minimum absolute atomic E-state index is 0.837. The van der Waals surface area contributed by atoms with Crippen molar-refractivity contribution in [3.63, 3.8) is 0 Å². The third-order valence-corrected chi connectivity index (χ3v) is 2.61. The van der Waals surface area contributed by atoms with Gasteiger partial charge in [-0.15, -0.1) is 0 Å². The lowest BCUT2D eigenvalue weighted by Gasteiger charge is -2.07. The normalized spacial score (nSPS) is 10.3. The Labute approximate surface area is 89.8 Å². The first-order chi connectivity index (χ1) is 7.18. The predicted octanol–water partition coefficient (Wildman–Crippen LogP) is 2.95. The van der Waals surface area contributed by atoms with Crippen LogP contribution in [0.3, 0.4) is 0 Å². The zero-order chi connectivity index (χ0) is 10.8. The summed E-state index contributed by atoms with van der Waals surface area (Å²) in [6.45, 7) is 4.07. The fraction of sp³-hybridized carbons (Fsp3) is 0.154. The van der Waals surface area contributed by atoms with Crippen molar-refractivity contribution in [2.45, 2.75) is 13.8 Å². The van der Waals surface area contributed by atoms with Gasteiger partial charge in [0.25, 0.3) is 0 Å². The zero-order valence-corrected chi connectivity index (χ0v) is 8.99. The van der Waals surface area contributed by atoms with Crippen LogP contribution in [0.5, 0.6) is 0 Å². The number of nitrogen functional groups attached to an aromatic ring is 1. The maximum atomic E-state index is 5.89. The van der Waals surface area contributed by atoms with Gasteiger partial charge in [-0.05, 0) is 48.2 Å². The van der Waals surface area contributed by atoms with Crippen molar-refractivity contribution in [1.82, 2.24) is 4.98 Å². The Hall–Kier alpha value is -1.83. The second kappa shape index (κ2) is 3.73. The van der Waals surface area contributed by atoms with Crippen molar-refractivity contribution < 1.29 is 0 Å². The Kier molecular flexibility index (Phi) is 2.42. The Morgan fingerprint density at radius 3 is 2.53 bits per heavy atom. The Morgan fingerprint density at radius 2 is 1.87 bits per heavy atom. The number of hydrogen-bond donors (Lipinski definition) is 1. The maximum Gasteiger partial charge on any atom is 0.0349 e. The topological polar surface area (TPSA) is 38.9 Å². The summed E-state index contributed by atoms with van der Waals surface area (Å²) in [7, 11) is 0. The van der Waals surface area contributed by atoms with Crippen LogP contribution in [0.4, 0.5) is 5.69 Å². The molecule has 0 unspecified atom stereocenters. The molecule has 2 N–H and O–H groups in total. The summed E-state index contributed by atoms with van der Waals surface area (Å²) < 4.78 is 0. The average Bonchev–Trinajstić information content (AvgIpc) is 2.23. The zero-order valence-electron chi connectivity index (χ0n) is 8.99. The second-order valence-electron chi connectivity index (χ2n) is 3.76. The van der Waals surface area contributed by atoms with Crippen LogP contribution in [0.2, 0.25) is 0 Å². The molecule has 1 aromatic carbocycles. The monoisotopic (exact) mass is 198 g/mol. The molecule has 0 aliphatic carbocycles. The molecule has 2 aromatic rings. The van der Waals surface area contributed by atoms with E-state index in [0.29, 0.717) is 0 Å². The average molecular weight is 198 g/mol. The highest BCUT2D eigenvalue weighted by molar-refractivity contribution is 5.70. The lowest BCUT2D eigenvalue weighted by molar-refractivity contribution is 1.27. The predicted molar refractivity (Wildman–Crippen MR) is 63.6 cm³/mol. The van der Waals surface area contributed by atoms with Gasteiger partial charge in [-0.25, -0.2) is 0 Å². The lowest BCUT2D eigenvalue weighted by Crippen LogP contribution is -1.91. The van der Waals surface area contributed by atoms with Gasteiger partial charge < -0.3 is 5.73 Å². The molecule has 15 heavy (non-hydrogen) atoms. The smallest absolute Gasteiger partial charge is 0.0349 e. The molecule has 2 rings (SSSR count). The molecule has 2 nitrogen and oxygen atoms in total. The molecule has 0 radical (unpaired) electrons. The van der Waals surface area contributed by atoms with Crippen LogP contribution >= 0.6 is 0 Å². The van der Waals surface area contributed by atoms with E-state index in [1.165, 1.54) is 11.1 Å². The number of benzene rings is 1. The largest absolute Gasteiger partial charge is 0.398 e. The van der Waals surface area contributed by atoms with E-state index in [2.05, 4.69) is 18.0 Å². The summed E-state index contributed by atoms with van der Waals surface area (Å²) in [6.07, 6.45) is 3.67. The van der Waals surface area contributed by atoms with E-state index < -0.39 is 0 Å². The fourth-order valence-electron chi connectivity index (χ4n) is 1.61. The van der Waals surface area contributed by atoms with E-state index >= 15 is 0 Å². The number of aryl methyl sites for hydroxylation is 2. The standard InChI is InChI=1S/C13H14N2/c1-9-3-4-11(7-13(9)14)12-5-6-15-8-10(12)2/h3-8H,14H2,1-2H3. The number of pyridine rings is 1. The highest BCUT2D eigenvalue weighted by Gasteiger charge is 2.02. The third kappa shape index (κ3) is 1.84. The summed E-state index contributed by atoms with van der Waals surface area (Å²) in [5.74, 6) is 0. The minimum Gasteiger partial charge on any atom is -0.398 e. The third-order valence-electron chi connectivity index (χ3n) is 2.61. The first-order valence-corrected chi connectivity index (χ1v) is 4.95. The molecule has 76 valence electrons. The van der Waals surface area contributed by atoms with E-state index in [4.69, 9.17) is 5.73 Å². The van der Waals surface area contributed by atoms with Crippen LogP contribution in [-0.4, -0.2) is 4.98 Å². The number of anilines is 1. The van der Waals surface area contributed by atoms with Crippen molar-refractivity contribution in [2.24, 2.45) is 0 Å². The molecule has 0 bridgehead atoms. The van der Waals surface area contributed by atoms with Crippen LogP contribution in [0.1, 0.15) is 11.1 Å². The summed E-state index contributed by atoms with van der Waals surface area (Å²) in [6, 6.07) is 8.16. The maximum absolute atomic E-state index is 5.89. The van der Waals surface area contributed by atoms with E-state index in [1.54, 1.807) is 6.20 Å². The van der Waals surface area contributed by atoms with Crippen molar-refractivity contribution in [3.05, 3.63) is 47.8 Å². The van der Waals surface area contributed by atoms with Gasteiger partial charge in [0.15, 0.2) is 0 Å². The molecule has 1 heterocycles. The molecule has 1 aromatic heterocycles. The van der Waals surface area contributed by atoms with Crippen molar-refractivity contribution in [3.8, 4) is 11.1 Å². The second-order valence-corrected chi connectivity index (χ2v) is 3.76. The van der Waals surface area contributed by atoms with Crippen LogP contribution in [-0.2, 0) is 0 Å². The summed E-state index contributed by atoms with van der Waals surface area (Å²) >= 11 is 0. The molecule has 0 amide bonds. The summed E-state index contributed by atoms with van der Waals surface area (Å²) in [5.41, 5.74) is 11.4. The van der Waals surface area contributed by atoms with E-state index in [-0.39, 0.29) is 0 Å². The van der Waals surface area contributed by atoms with Crippen LogP contribution in [0.25, 0.3) is 11.1 Å². The Balaban J connectivity index is 2.55. The van der Waals surface area contributed by atoms with Gasteiger partial charge in [0.2, 0.25) is 0 Å². The van der Waals surface area contributed by atoms with E-state index in [1.807, 2.05) is 31.3 Å². The Morgan fingerprint density at radius 1 is 1.07 bits per heavy atom.